The molecule has 2 nitrogen and oxygen atoms in total. The standard InChI is InChI=1S/C10H6ClF6NOS/c11-6-3-4(1-2-5(6)7(18)20)19-8(9(12,13)14)10(15,16)17/h1-3,8H,(H2,18,20). The third-order valence-corrected chi connectivity index (χ3v) is 2.59. The summed E-state index contributed by atoms with van der Waals surface area (Å²) >= 11 is 10.2. The second-order valence-corrected chi connectivity index (χ2v) is 4.43. The quantitative estimate of drug-likeness (QED) is 0.672. The number of benzene rings is 1. The Balaban J connectivity index is 3.08. The summed E-state index contributed by atoms with van der Waals surface area (Å²) in [6.07, 6.45) is -15.2. The van der Waals surface area contributed by atoms with Gasteiger partial charge < -0.3 is 10.5 Å². The van der Waals surface area contributed by atoms with E-state index in [0.717, 1.165) is 18.2 Å². The molecule has 0 aromatic heterocycles. The number of alkyl halides is 6. The highest BCUT2D eigenvalue weighted by molar-refractivity contribution is 7.80. The molecule has 0 unspecified atom stereocenters. The van der Waals surface area contributed by atoms with Crippen LogP contribution in [0.3, 0.4) is 0 Å². The first-order valence-electron chi connectivity index (χ1n) is 4.82. The van der Waals surface area contributed by atoms with Crippen molar-refractivity contribution in [3.63, 3.8) is 0 Å². The van der Waals surface area contributed by atoms with Crippen LogP contribution in [-0.4, -0.2) is 23.4 Å². The molecule has 0 spiro atoms. The summed E-state index contributed by atoms with van der Waals surface area (Å²) < 4.78 is 77.7. The molecule has 20 heavy (non-hydrogen) atoms. The maximum Gasteiger partial charge on any atom is 0.434 e. The fourth-order valence-electron chi connectivity index (χ4n) is 1.22. The van der Waals surface area contributed by atoms with Crippen molar-refractivity contribution in [2.75, 3.05) is 0 Å². The zero-order valence-corrected chi connectivity index (χ0v) is 10.9. The molecule has 0 radical (unpaired) electrons. The zero-order chi connectivity index (χ0) is 15.7. The van der Waals surface area contributed by atoms with Gasteiger partial charge in [0, 0.05) is 5.56 Å². The Labute approximate surface area is 119 Å². The molecule has 1 rings (SSSR count). The maximum atomic E-state index is 12.3. The molecule has 0 aliphatic carbocycles. The van der Waals surface area contributed by atoms with Crippen LogP contribution < -0.4 is 10.5 Å². The van der Waals surface area contributed by atoms with Crippen LogP contribution in [-0.2, 0) is 0 Å². The molecule has 0 saturated carbocycles. The lowest BCUT2D eigenvalue weighted by atomic mass is 10.2. The lowest BCUT2D eigenvalue weighted by Gasteiger charge is -2.24. The van der Waals surface area contributed by atoms with E-state index in [-0.39, 0.29) is 15.6 Å². The van der Waals surface area contributed by atoms with Crippen molar-refractivity contribution < 1.29 is 31.1 Å². The number of hydrogen-bond acceptors (Lipinski definition) is 2. The highest BCUT2D eigenvalue weighted by atomic mass is 35.5. The zero-order valence-electron chi connectivity index (χ0n) is 9.35. The van der Waals surface area contributed by atoms with Crippen LogP contribution in [0.25, 0.3) is 0 Å². The Hall–Kier alpha value is -1.22. The molecule has 0 bridgehead atoms. The predicted octanol–water partition coefficient (Wildman–Crippen LogP) is 3.85. The lowest BCUT2D eigenvalue weighted by Crippen LogP contribution is -2.46. The van der Waals surface area contributed by atoms with Crippen LogP contribution in [0.4, 0.5) is 26.3 Å². The Morgan fingerprint density at radius 3 is 2.00 bits per heavy atom. The normalized spacial score (nSPS) is 12.6. The Kier molecular flexibility index (Phi) is 4.75. The molecule has 0 aliphatic heterocycles. The molecule has 112 valence electrons. The summed E-state index contributed by atoms with van der Waals surface area (Å²) in [4.78, 5) is -0.148. The van der Waals surface area contributed by atoms with E-state index >= 15 is 0 Å². The summed E-state index contributed by atoms with van der Waals surface area (Å²) in [7, 11) is 0. The van der Waals surface area contributed by atoms with E-state index in [1.165, 1.54) is 0 Å². The van der Waals surface area contributed by atoms with Gasteiger partial charge in [-0.05, 0) is 18.2 Å². The minimum atomic E-state index is -5.60. The van der Waals surface area contributed by atoms with E-state index < -0.39 is 24.2 Å². The van der Waals surface area contributed by atoms with Crippen molar-refractivity contribution in [1.29, 1.82) is 0 Å². The monoisotopic (exact) mass is 337 g/mol. The molecule has 0 amide bonds. The molecular weight excluding hydrogens is 332 g/mol. The van der Waals surface area contributed by atoms with E-state index in [9.17, 15) is 26.3 Å². The Morgan fingerprint density at radius 2 is 1.65 bits per heavy atom. The molecule has 0 atom stereocenters. The van der Waals surface area contributed by atoms with Crippen molar-refractivity contribution in [3.8, 4) is 5.75 Å². The van der Waals surface area contributed by atoms with Crippen molar-refractivity contribution >= 4 is 28.8 Å². The van der Waals surface area contributed by atoms with Crippen molar-refractivity contribution in [1.82, 2.24) is 0 Å². The highest BCUT2D eigenvalue weighted by Gasteiger charge is 2.59. The van der Waals surface area contributed by atoms with Gasteiger partial charge in [-0.1, -0.05) is 23.8 Å². The van der Waals surface area contributed by atoms with E-state index in [2.05, 4.69) is 17.0 Å². The predicted molar refractivity (Wildman–Crippen MR) is 63.9 cm³/mol. The molecule has 2 N–H and O–H groups in total. The van der Waals surface area contributed by atoms with Crippen LogP contribution in [0.5, 0.6) is 5.75 Å². The van der Waals surface area contributed by atoms with E-state index in [1.54, 1.807) is 0 Å². The SMILES string of the molecule is NC(=S)c1ccc(OC(C(F)(F)F)C(F)(F)F)cc1Cl. The average molecular weight is 338 g/mol. The summed E-state index contributed by atoms with van der Waals surface area (Å²) in [5, 5.41) is -0.210. The van der Waals surface area contributed by atoms with Gasteiger partial charge in [-0.2, -0.15) is 26.3 Å². The van der Waals surface area contributed by atoms with Gasteiger partial charge in [0.25, 0.3) is 6.10 Å². The molecule has 0 heterocycles. The molecule has 0 aliphatic rings. The second kappa shape index (κ2) is 5.65. The minimum Gasteiger partial charge on any atom is -0.471 e. The van der Waals surface area contributed by atoms with Crippen molar-refractivity contribution in [2.24, 2.45) is 5.73 Å². The third kappa shape index (κ3) is 4.14. The van der Waals surface area contributed by atoms with Gasteiger partial charge in [0.05, 0.1) is 5.02 Å². The van der Waals surface area contributed by atoms with Crippen LogP contribution in [0.1, 0.15) is 5.56 Å². The highest BCUT2D eigenvalue weighted by Crippen LogP contribution is 2.37. The minimum absolute atomic E-state index is 0.115. The second-order valence-electron chi connectivity index (χ2n) is 3.59. The first-order chi connectivity index (χ1) is 8.93. The van der Waals surface area contributed by atoms with Gasteiger partial charge in [-0.25, -0.2) is 0 Å². The Morgan fingerprint density at radius 1 is 1.15 bits per heavy atom. The van der Waals surface area contributed by atoms with Gasteiger partial charge in [0.2, 0.25) is 0 Å². The van der Waals surface area contributed by atoms with Crippen molar-refractivity contribution in [3.05, 3.63) is 28.8 Å². The largest absolute Gasteiger partial charge is 0.471 e. The van der Waals surface area contributed by atoms with Crippen LogP contribution in [0.15, 0.2) is 18.2 Å². The molecule has 1 aromatic carbocycles. The summed E-state index contributed by atoms with van der Waals surface area (Å²) in [5.41, 5.74) is 5.37. The number of ether oxygens (including phenoxy) is 1. The molecule has 1 aromatic rings. The number of halogens is 7. The molecule has 0 saturated heterocycles. The van der Waals surface area contributed by atoms with Crippen LogP contribution in [0, 0.1) is 0 Å². The topological polar surface area (TPSA) is 35.2 Å². The fraction of sp³-hybridized carbons (Fsp3) is 0.300. The maximum absolute atomic E-state index is 12.3. The van der Waals surface area contributed by atoms with Gasteiger partial charge in [-0.3, -0.25) is 0 Å². The number of thiocarbonyl (C=S) groups is 1. The molecule has 0 fully saturated rings. The molecular formula is C10H6ClF6NOS. The van der Waals surface area contributed by atoms with Gasteiger partial charge >= 0.3 is 12.4 Å². The van der Waals surface area contributed by atoms with E-state index in [4.69, 9.17) is 17.3 Å². The molecule has 10 heteroatoms. The van der Waals surface area contributed by atoms with Gasteiger partial charge in [0.1, 0.15) is 10.7 Å². The lowest BCUT2D eigenvalue weighted by molar-refractivity contribution is -0.299. The smallest absolute Gasteiger partial charge is 0.434 e. The van der Waals surface area contributed by atoms with E-state index in [0.29, 0.717) is 0 Å². The third-order valence-electron chi connectivity index (χ3n) is 2.05. The number of nitrogens with two attached hydrogens (primary N) is 1. The van der Waals surface area contributed by atoms with Crippen LogP contribution in [0.2, 0.25) is 5.02 Å². The van der Waals surface area contributed by atoms with E-state index in [1.807, 2.05) is 0 Å². The summed E-state index contributed by atoms with van der Waals surface area (Å²) in [6.45, 7) is 0. The number of hydrogen-bond donors (Lipinski definition) is 1. The first-order valence-corrected chi connectivity index (χ1v) is 5.61. The average Bonchev–Trinajstić information content (AvgIpc) is 2.22. The van der Waals surface area contributed by atoms with Crippen molar-refractivity contribution in [2.45, 2.75) is 18.5 Å². The summed E-state index contributed by atoms with van der Waals surface area (Å²) in [6, 6.07) is 2.72. The number of rotatable bonds is 3. The Bertz CT molecular complexity index is 501. The van der Waals surface area contributed by atoms with Gasteiger partial charge in [-0.15, -0.1) is 0 Å². The van der Waals surface area contributed by atoms with Crippen LogP contribution >= 0.6 is 23.8 Å². The first kappa shape index (κ1) is 16.8. The van der Waals surface area contributed by atoms with Gasteiger partial charge in [0.15, 0.2) is 0 Å². The summed E-state index contributed by atoms with van der Waals surface area (Å²) in [5.74, 6) is -0.699. The fourth-order valence-corrected chi connectivity index (χ4v) is 1.73.